The molecule has 0 atom stereocenters. The summed E-state index contributed by atoms with van der Waals surface area (Å²) in [6.45, 7) is 8.36. The number of rotatable bonds is 6. The lowest BCUT2D eigenvalue weighted by atomic mass is 9.99. The van der Waals surface area contributed by atoms with Crippen molar-refractivity contribution in [2.24, 2.45) is 5.92 Å². The van der Waals surface area contributed by atoms with E-state index in [2.05, 4.69) is 23.7 Å². The van der Waals surface area contributed by atoms with Crippen LogP contribution in [-0.2, 0) is 11.3 Å². The molecule has 2 aromatic rings. The third-order valence-corrected chi connectivity index (χ3v) is 5.80. The average Bonchev–Trinajstić information content (AvgIpc) is 3.04. The Morgan fingerprint density at radius 3 is 2.65 bits per heavy atom. The fraction of sp³-hybridized carbons (Fsp3) is 0.421. The lowest BCUT2D eigenvalue weighted by Gasteiger charge is -2.30. The van der Waals surface area contributed by atoms with Crippen molar-refractivity contribution in [3.05, 3.63) is 41.9 Å². The van der Waals surface area contributed by atoms with Crippen molar-refractivity contribution in [1.29, 1.82) is 0 Å². The summed E-state index contributed by atoms with van der Waals surface area (Å²) in [5, 5.41) is 10.0. The molecule has 1 saturated heterocycles. The molecule has 0 saturated carbocycles. The number of aromatic nitrogens is 3. The minimum Gasteiger partial charge on any atom is -0.342 e. The summed E-state index contributed by atoms with van der Waals surface area (Å²) in [4.78, 5) is 14.4. The molecule has 1 aliphatic rings. The molecule has 0 aliphatic carbocycles. The number of piperidine rings is 1. The third-order valence-electron chi connectivity index (χ3n) is 4.59. The Hall–Kier alpha value is -1.79. The van der Waals surface area contributed by atoms with E-state index in [0.717, 1.165) is 42.5 Å². The predicted octanol–water partition coefficient (Wildman–Crippen LogP) is 4.14. The molecule has 1 aromatic heterocycles. The smallest absolute Gasteiger partial charge is 0.233 e. The molecule has 1 aromatic carbocycles. The second-order valence-electron chi connectivity index (χ2n) is 6.56. The van der Waals surface area contributed by atoms with E-state index in [1.165, 1.54) is 11.8 Å². The van der Waals surface area contributed by atoms with Gasteiger partial charge in [0.15, 0.2) is 11.0 Å². The molecule has 1 aliphatic heterocycles. The van der Waals surface area contributed by atoms with Crippen LogP contribution in [0.4, 0.5) is 0 Å². The largest absolute Gasteiger partial charge is 0.342 e. The summed E-state index contributed by atoms with van der Waals surface area (Å²) in [5.74, 6) is 2.01. The second kappa shape index (κ2) is 8.73. The standard InChI is InChI=1S/C19H23ClN4OS/c1-3-10-24-18(15-4-6-16(20)7-5-15)21-22-19(24)26-13-17(25)23-11-8-14(2)9-12-23/h3-7,14H,1,8-13H2,2H3. The summed E-state index contributed by atoms with van der Waals surface area (Å²) in [5.41, 5.74) is 0.937. The summed E-state index contributed by atoms with van der Waals surface area (Å²) >= 11 is 7.40. The molecule has 7 heteroatoms. The molecule has 5 nitrogen and oxygen atoms in total. The zero-order valence-electron chi connectivity index (χ0n) is 14.9. The van der Waals surface area contributed by atoms with Crippen LogP contribution in [0.2, 0.25) is 5.02 Å². The maximum Gasteiger partial charge on any atom is 0.233 e. The number of hydrogen-bond acceptors (Lipinski definition) is 4. The van der Waals surface area contributed by atoms with Crippen LogP contribution in [0.25, 0.3) is 11.4 Å². The van der Waals surface area contributed by atoms with E-state index < -0.39 is 0 Å². The van der Waals surface area contributed by atoms with Gasteiger partial charge >= 0.3 is 0 Å². The van der Waals surface area contributed by atoms with Gasteiger partial charge in [-0.2, -0.15) is 0 Å². The highest BCUT2D eigenvalue weighted by molar-refractivity contribution is 7.99. The number of likely N-dealkylation sites (tertiary alicyclic amines) is 1. The molecular formula is C19H23ClN4OS. The molecule has 2 heterocycles. The topological polar surface area (TPSA) is 51.0 Å². The van der Waals surface area contributed by atoms with Gasteiger partial charge < -0.3 is 4.90 Å². The van der Waals surface area contributed by atoms with Gasteiger partial charge in [-0.3, -0.25) is 9.36 Å². The number of carbonyl (C=O) groups excluding carboxylic acids is 1. The van der Waals surface area contributed by atoms with E-state index in [-0.39, 0.29) is 5.91 Å². The minimum atomic E-state index is 0.170. The van der Waals surface area contributed by atoms with Gasteiger partial charge in [-0.05, 0) is 43.0 Å². The summed E-state index contributed by atoms with van der Waals surface area (Å²) in [6, 6.07) is 7.50. The van der Waals surface area contributed by atoms with Crippen molar-refractivity contribution in [1.82, 2.24) is 19.7 Å². The Morgan fingerprint density at radius 2 is 2.00 bits per heavy atom. The first-order chi connectivity index (χ1) is 12.6. The van der Waals surface area contributed by atoms with Crippen molar-refractivity contribution >= 4 is 29.3 Å². The van der Waals surface area contributed by atoms with E-state index in [1.807, 2.05) is 33.7 Å². The lowest BCUT2D eigenvalue weighted by molar-refractivity contribution is -0.129. The number of amides is 1. The van der Waals surface area contributed by atoms with Crippen molar-refractivity contribution in [2.75, 3.05) is 18.8 Å². The van der Waals surface area contributed by atoms with E-state index in [4.69, 9.17) is 11.6 Å². The first-order valence-electron chi connectivity index (χ1n) is 8.79. The average molecular weight is 391 g/mol. The first kappa shape index (κ1) is 19.0. The Bertz CT molecular complexity index is 766. The molecular weight excluding hydrogens is 368 g/mol. The van der Waals surface area contributed by atoms with Crippen LogP contribution in [0.5, 0.6) is 0 Å². The van der Waals surface area contributed by atoms with Gasteiger partial charge in [0.1, 0.15) is 0 Å². The van der Waals surface area contributed by atoms with Crippen LogP contribution in [0, 0.1) is 5.92 Å². The molecule has 1 amide bonds. The van der Waals surface area contributed by atoms with E-state index in [9.17, 15) is 4.79 Å². The number of hydrogen-bond donors (Lipinski definition) is 0. The number of carbonyl (C=O) groups is 1. The van der Waals surface area contributed by atoms with Gasteiger partial charge in [-0.1, -0.05) is 36.4 Å². The van der Waals surface area contributed by atoms with Crippen LogP contribution in [0.3, 0.4) is 0 Å². The van der Waals surface area contributed by atoms with Crippen LogP contribution >= 0.6 is 23.4 Å². The molecule has 0 radical (unpaired) electrons. The Kier molecular flexibility index (Phi) is 6.38. The van der Waals surface area contributed by atoms with Gasteiger partial charge in [-0.15, -0.1) is 16.8 Å². The van der Waals surface area contributed by atoms with E-state index >= 15 is 0 Å². The van der Waals surface area contributed by atoms with Crippen molar-refractivity contribution in [3.8, 4) is 11.4 Å². The van der Waals surface area contributed by atoms with Crippen molar-refractivity contribution in [2.45, 2.75) is 31.5 Å². The first-order valence-corrected chi connectivity index (χ1v) is 10.2. The summed E-state index contributed by atoms with van der Waals surface area (Å²) in [7, 11) is 0. The Morgan fingerprint density at radius 1 is 1.31 bits per heavy atom. The molecule has 0 unspecified atom stereocenters. The number of nitrogens with zero attached hydrogens (tertiary/aromatic N) is 4. The van der Waals surface area contributed by atoms with Crippen LogP contribution in [-0.4, -0.2) is 44.4 Å². The van der Waals surface area contributed by atoms with E-state index in [1.54, 1.807) is 6.08 Å². The number of halogens is 1. The predicted molar refractivity (Wildman–Crippen MR) is 106 cm³/mol. The molecule has 0 spiro atoms. The molecule has 0 N–H and O–H groups in total. The summed E-state index contributed by atoms with van der Waals surface area (Å²) < 4.78 is 1.98. The van der Waals surface area contributed by atoms with Gasteiger partial charge in [0, 0.05) is 30.2 Å². The highest BCUT2D eigenvalue weighted by Gasteiger charge is 2.21. The van der Waals surface area contributed by atoms with Crippen LogP contribution < -0.4 is 0 Å². The zero-order valence-corrected chi connectivity index (χ0v) is 16.5. The van der Waals surface area contributed by atoms with Crippen molar-refractivity contribution < 1.29 is 4.79 Å². The highest BCUT2D eigenvalue weighted by atomic mass is 35.5. The van der Waals surface area contributed by atoms with Gasteiger partial charge in [0.2, 0.25) is 5.91 Å². The highest BCUT2D eigenvalue weighted by Crippen LogP contribution is 2.26. The minimum absolute atomic E-state index is 0.170. The van der Waals surface area contributed by atoms with Gasteiger partial charge in [0.25, 0.3) is 0 Å². The molecule has 26 heavy (non-hydrogen) atoms. The fourth-order valence-corrected chi connectivity index (χ4v) is 3.95. The third kappa shape index (κ3) is 4.48. The Balaban J connectivity index is 1.70. The monoisotopic (exact) mass is 390 g/mol. The molecule has 138 valence electrons. The van der Waals surface area contributed by atoms with Gasteiger partial charge in [-0.25, -0.2) is 0 Å². The van der Waals surface area contributed by atoms with Crippen LogP contribution in [0.1, 0.15) is 19.8 Å². The van der Waals surface area contributed by atoms with Crippen LogP contribution in [0.15, 0.2) is 42.1 Å². The van der Waals surface area contributed by atoms with Gasteiger partial charge in [0.05, 0.1) is 5.75 Å². The molecule has 3 rings (SSSR count). The second-order valence-corrected chi connectivity index (χ2v) is 7.94. The quantitative estimate of drug-likeness (QED) is 0.549. The fourth-order valence-electron chi connectivity index (χ4n) is 2.98. The molecule has 1 fully saturated rings. The maximum atomic E-state index is 12.5. The Labute approximate surface area is 163 Å². The lowest BCUT2D eigenvalue weighted by Crippen LogP contribution is -2.38. The van der Waals surface area contributed by atoms with Crippen molar-refractivity contribution in [3.63, 3.8) is 0 Å². The number of benzene rings is 1. The maximum absolute atomic E-state index is 12.5. The van der Waals surface area contributed by atoms with E-state index in [0.29, 0.717) is 23.2 Å². The summed E-state index contributed by atoms with van der Waals surface area (Å²) in [6.07, 6.45) is 3.98. The number of allylic oxidation sites excluding steroid dienone is 1. The SMILES string of the molecule is C=CCn1c(SCC(=O)N2CCC(C)CC2)nnc1-c1ccc(Cl)cc1. The molecule has 0 bridgehead atoms. The normalized spacial score (nSPS) is 15.2. The number of thioether (sulfide) groups is 1. The zero-order chi connectivity index (χ0) is 18.5.